The summed E-state index contributed by atoms with van der Waals surface area (Å²) in [6.07, 6.45) is 0. The van der Waals surface area contributed by atoms with Crippen LogP contribution in [0, 0.1) is 27.7 Å². The highest BCUT2D eigenvalue weighted by atomic mass is 16.5. The topological polar surface area (TPSA) is 89.6 Å². The van der Waals surface area contributed by atoms with Crippen molar-refractivity contribution in [2.24, 2.45) is 0 Å². The van der Waals surface area contributed by atoms with E-state index in [0.29, 0.717) is 16.8 Å². The molecule has 0 fully saturated rings. The molecule has 0 saturated carbocycles. The van der Waals surface area contributed by atoms with E-state index >= 15 is 0 Å². The highest BCUT2D eigenvalue weighted by Crippen LogP contribution is 2.29. The first-order valence-corrected chi connectivity index (χ1v) is 10.4. The van der Waals surface area contributed by atoms with E-state index in [4.69, 9.17) is 9.15 Å². The molecule has 1 N–H and O–H groups in total. The van der Waals surface area contributed by atoms with Crippen LogP contribution in [0.1, 0.15) is 33.5 Å². The van der Waals surface area contributed by atoms with Crippen molar-refractivity contribution in [3.8, 4) is 5.75 Å². The number of aryl methyl sites for hydroxylation is 4. The molecule has 0 aliphatic heterocycles. The average molecular weight is 441 g/mol. The normalized spacial score (nSPS) is 11.9. The number of aliphatic hydroxyl groups is 1. The highest BCUT2D eigenvalue weighted by molar-refractivity contribution is 6.23. The van der Waals surface area contributed by atoms with Crippen LogP contribution in [-0.4, -0.2) is 16.1 Å². The molecule has 3 aromatic carbocycles. The molecule has 4 aromatic rings. The Morgan fingerprint density at radius 3 is 2.24 bits per heavy atom. The molecule has 4 rings (SSSR count). The first-order chi connectivity index (χ1) is 15.7. The summed E-state index contributed by atoms with van der Waals surface area (Å²) in [7, 11) is 0. The molecule has 0 amide bonds. The zero-order valence-electron chi connectivity index (χ0n) is 18.8. The number of hydrogen-bond donors (Lipinski definition) is 1. The summed E-state index contributed by atoms with van der Waals surface area (Å²) in [6.45, 7) is 7.48. The fourth-order valence-corrected chi connectivity index (χ4v) is 3.79. The molecule has 0 atom stereocenters. The first kappa shape index (κ1) is 22.0. The number of nitrogens with zero attached hydrogens (tertiary/aromatic N) is 1. The van der Waals surface area contributed by atoms with Crippen molar-refractivity contribution < 1.29 is 19.1 Å². The van der Waals surface area contributed by atoms with Gasteiger partial charge >= 0.3 is 11.6 Å². The second-order valence-electron chi connectivity index (χ2n) is 8.03. The van der Waals surface area contributed by atoms with Crippen molar-refractivity contribution >= 4 is 28.4 Å². The third-order valence-corrected chi connectivity index (χ3v) is 5.27. The molecule has 0 unspecified atom stereocenters. The number of rotatable bonds is 4. The minimum absolute atomic E-state index is 0.284. The van der Waals surface area contributed by atoms with E-state index in [9.17, 15) is 14.7 Å². The molecule has 0 spiro atoms. The van der Waals surface area contributed by atoms with Gasteiger partial charge in [0.2, 0.25) is 0 Å². The van der Waals surface area contributed by atoms with Crippen LogP contribution in [0.25, 0.3) is 22.4 Å². The number of aromatic nitrogens is 1. The van der Waals surface area contributed by atoms with E-state index in [1.807, 2.05) is 39.8 Å². The predicted octanol–water partition coefficient (Wildman–Crippen LogP) is 5.45. The number of ether oxygens (including phenoxy) is 1. The van der Waals surface area contributed by atoms with Crippen molar-refractivity contribution in [2.45, 2.75) is 27.7 Å². The van der Waals surface area contributed by atoms with Gasteiger partial charge in [0.15, 0.2) is 11.3 Å². The maximum atomic E-state index is 13.4. The lowest BCUT2D eigenvalue weighted by molar-refractivity contribution is -0.128. The molecule has 0 aliphatic carbocycles. The Balaban J connectivity index is 1.92. The van der Waals surface area contributed by atoms with Gasteiger partial charge in [-0.2, -0.15) is 0 Å². The van der Waals surface area contributed by atoms with Gasteiger partial charge in [-0.1, -0.05) is 54.1 Å². The molecular weight excluding hydrogens is 418 g/mol. The second kappa shape index (κ2) is 8.74. The fourth-order valence-electron chi connectivity index (χ4n) is 3.79. The molecule has 0 bridgehead atoms. The molecular formula is C27H23NO5. The number of carbonyl (C=O) groups is 1. The monoisotopic (exact) mass is 441 g/mol. The third-order valence-electron chi connectivity index (χ3n) is 5.27. The van der Waals surface area contributed by atoms with E-state index in [1.165, 1.54) is 0 Å². The van der Waals surface area contributed by atoms with Gasteiger partial charge in [0, 0.05) is 5.56 Å². The van der Waals surface area contributed by atoms with Crippen molar-refractivity contribution in [2.75, 3.05) is 0 Å². The minimum atomic E-state index is -0.904. The highest BCUT2D eigenvalue weighted by Gasteiger charge is 2.27. The van der Waals surface area contributed by atoms with Gasteiger partial charge in [-0.25, -0.2) is 14.6 Å². The molecule has 1 aromatic heterocycles. The van der Waals surface area contributed by atoms with Crippen LogP contribution >= 0.6 is 0 Å². The Morgan fingerprint density at radius 1 is 0.909 bits per heavy atom. The van der Waals surface area contributed by atoms with Gasteiger partial charge in [0.1, 0.15) is 22.6 Å². The fraction of sp³-hybridized carbons (Fsp3) is 0.148. The van der Waals surface area contributed by atoms with Crippen molar-refractivity contribution in [3.63, 3.8) is 0 Å². The van der Waals surface area contributed by atoms with E-state index in [1.54, 1.807) is 48.5 Å². The summed E-state index contributed by atoms with van der Waals surface area (Å²) in [6, 6.07) is 17.4. The molecule has 6 nitrogen and oxygen atoms in total. The molecule has 166 valence electrons. The van der Waals surface area contributed by atoms with Gasteiger partial charge in [-0.05, 0) is 56.5 Å². The largest absolute Gasteiger partial charge is 0.506 e. The summed E-state index contributed by atoms with van der Waals surface area (Å²) in [5.41, 5.74) is 2.93. The number of fused-ring (bicyclic) bond motifs is 1. The van der Waals surface area contributed by atoms with Crippen LogP contribution in [0.2, 0.25) is 0 Å². The summed E-state index contributed by atoms with van der Waals surface area (Å²) >= 11 is 0. The van der Waals surface area contributed by atoms with Gasteiger partial charge in [-0.3, -0.25) is 0 Å². The van der Waals surface area contributed by atoms with Crippen LogP contribution in [0.3, 0.4) is 0 Å². The van der Waals surface area contributed by atoms with E-state index in [0.717, 1.165) is 22.3 Å². The Labute approximate surface area is 190 Å². The van der Waals surface area contributed by atoms with E-state index in [-0.39, 0.29) is 16.9 Å². The van der Waals surface area contributed by atoms with Gasteiger partial charge in [0.25, 0.3) is 0 Å². The lowest BCUT2D eigenvalue weighted by Crippen LogP contribution is -2.20. The van der Waals surface area contributed by atoms with Crippen molar-refractivity contribution in [3.05, 3.63) is 105 Å². The van der Waals surface area contributed by atoms with Crippen molar-refractivity contribution in [1.82, 2.24) is 4.98 Å². The SMILES string of the molecule is Cc1cc(C)c(OC(=O)/C(=C(/O)c2ccccc2)c2nc3cc(C)ccc3oc2=O)c(C)c1. The lowest BCUT2D eigenvalue weighted by atomic mass is 10.0. The predicted molar refractivity (Wildman–Crippen MR) is 127 cm³/mol. The van der Waals surface area contributed by atoms with E-state index < -0.39 is 17.4 Å². The second-order valence-corrected chi connectivity index (χ2v) is 8.03. The number of aliphatic hydroxyl groups excluding tert-OH is 1. The number of carbonyl (C=O) groups excluding carboxylic acids is 1. The van der Waals surface area contributed by atoms with Crippen LogP contribution in [0.4, 0.5) is 0 Å². The molecule has 1 heterocycles. The smallest absolute Gasteiger partial charge is 0.363 e. The summed E-state index contributed by atoms with van der Waals surface area (Å²) in [5.74, 6) is -0.960. The van der Waals surface area contributed by atoms with Crippen LogP contribution in [0.15, 0.2) is 69.9 Å². The zero-order chi connectivity index (χ0) is 23.7. The summed E-state index contributed by atoms with van der Waals surface area (Å²) in [5, 5.41) is 11.1. The molecule has 6 heteroatoms. The minimum Gasteiger partial charge on any atom is -0.506 e. The van der Waals surface area contributed by atoms with Gasteiger partial charge in [-0.15, -0.1) is 0 Å². The lowest BCUT2D eigenvalue weighted by Gasteiger charge is -2.14. The van der Waals surface area contributed by atoms with Gasteiger partial charge in [0.05, 0.1) is 0 Å². The standard InChI is InChI=1S/C27H23NO5/c1-15-10-11-21-20(14-15)28-23(27(31)32-21)22(24(29)19-8-6-5-7-9-19)26(30)33-25-17(3)12-16(2)13-18(25)4/h5-14,29H,1-4H3/b24-22+. The number of esters is 1. The molecule has 33 heavy (non-hydrogen) atoms. The average Bonchev–Trinajstić information content (AvgIpc) is 2.77. The van der Waals surface area contributed by atoms with Gasteiger partial charge < -0.3 is 14.3 Å². The Hall–Kier alpha value is -4.19. The zero-order valence-corrected chi connectivity index (χ0v) is 18.8. The Kier molecular flexibility index (Phi) is 5.84. The maximum absolute atomic E-state index is 13.4. The van der Waals surface area contributed by atoms with Crippen LogP contribution < -0.4 is 10.4 Å². The number of hydrogen-bond acceptors (Lipinski definition) is 6. The van der Waals surface area contributed by atoms with E-state index in [2.05, 4.69) is 4.98 Å². The third kappa shape index (κ3) is 4.41. The molecule has 0 radical (unpaired) electrons. The summed E-state index contributed by atoms with van der Waals surface area (Å²) in [4.78, 5) is 30.6. The molecule has 0 saturated heterocycles. The first-order valence-electron chi connectivity index (χ1n) is 10.4. The Morgan fingerprint density at radius 2 is 1.58 bits per heavy atom. The number of benzene rings is 3. The summed E-state index contributed by atoms with van der Waals surface area (Å²) < 4.78 is 11.1. The van der Waals surface area contributed by atoms with Crippen LogP contribution in [-0.2, 0) is 4.79 Å². The Bertz CT molecular complexity index is 1440. The van der Waals surface area contributed by atoms with Crippen molar-refractivity contribution in [1.29, 1.82) is 0 Å². The quantitative estimate of drug-likeness (QED) is 0.196. The van der Waals surface area contributed by atoms with Crippen LogP contribution in [0.5, 0.6) is 5.75 Å². The molecule has 0 aliphatic rings. The maximum Gasteiger partial charge on any atom is 0.363 e.